The molecule has 12 nitrogen and oxygen atoms in total. The van der Waals surface area contributed by atoms with Gasteiger partial charge in [0, 0.05) is 39.4 Å². The van der Waals surface area contributed by atoms with E-state index < -0.39 is 30.2 Å². The van der Waals surface area contributed by atoms with E-state index in [9.17, 15) is 19.2 Å². The van der Waals surface area contributed by atoms with Crippen LogP contribution in [-0.4, -0.2) is 122 Å². The Kier molecular flexibility index (Phi) is 18.2. The van der Waals surface area contributed by atoms with E-state index >= 15 is 0 Å². The second kappa shape index (κ2) is 21.8. The molecule has 2 aromatic rings. The molecule has 1 aliphatic rings. The van der Waals surface area contributed by atoms with Crippen molar-refractivity contribution in [2.75, 3.05) is 41.9 Å². The zero-order valence-electron chi connectivity index (χ0n) is 35.3. The summed E-state index contributed by atoms with van der Waals surface area (Å²) >= 11 is 1.51. The first-order chi connectivity index (χ1) is 26.1. The fraction of sp³-hybridized carbons (Fsp3) is 0.690. The molecule has 2 N–H and O–H groups in total. The monoisotopic (exact) mass is 784 g/mol. The van der Waals surface area contributed by atoms with Gasteiger partial charge in [-0.2, -0.15) is 0 Å². The number of carbonyl (C=O) groups is 4. The third-order valence-corrected chi connectivity index (χ3v) is 12.2. The summed E-state index contributed by atoms with van der Waals surface area (Å²) in [4.78, 5) is 65.8. The first-order valence-electron chi connectivity index (χ1n) is 19.9. The van der Waals surface area contributed by atoms with Gasteiger partial charge in [0.2, 0.25) is 23.6 Å². The molecule has 0 unspecified atom stereocenters. The maximum absolute atomic E-state index is 14.3. The molecular weight excluding hydrogens is 717 g/mol. The summed E-state index contributed by atoms with van der Waals surface area (Å²) in [5, 5.41) is 9.02. The quantitative estimate of drug-likeness (QED) is 0.177. The summed E-state index contributed by atoms with van der Waals surface area (Å²) in [5.74, 6) is -1.35. The van der Waals surface area contributed by atoms with E-state index in [-0.39, 0.29) is 65.9 Å². The van der Waals surface area contributed by atoms with E-state index in [0.717, 1.165) is 23.4 Å². The average Bonchev–Trinajstić information content (AvgIpc) is 3.87. The molecule has 1 aliphatic heterocycles. The zero-order chi connectivity index (χ0) is 41.0. The van der Waals surface area contributed by atoms with Crippen molar-refractivity contribution in [2.45, 2.75) is 123 Å². The molecule has 0 spiro atoms. The Morgan fingerprint density at radius 1 is 0.945 bits per heavy atom. The van der Waals surface area contributed by atoms with Crippen LogP contribution in [-0.2, 0) is 35.1 Å². The summed E-state index contributed by atoms with van der Waals surface area (Å²) in [6.07, 6.45) is 3.49. The third kappa shape index (κ3) is 12.1. The third-order valence-electron chi connectivity index (χ3n) is 11.3. The Hall–Kier alpha value is -3.39. The van der Waals surface area contributed by atoms with Crippen LogP contribution in [0.25, 0.3) is 0 Å². The fourth-order valence-corrected chi connectivity index (χ4v) is 8.86. The maximum atomic E-state index is 14.3. The van der Waals surface area contributed by atoms with Crippen molar-refractivity contribution >= 4 is 35.0 Å². The number of benzene rings is 1. The van der Waals surface area contributed by atoms with Crippen molar-refractivity contribution in [3.63, 3.8) is 0 Å². The molecule has 0 saturated carbocycles. The summed E-state index contributed by atoms with van der Waals surface area (Å²) in [5.41, 5.74) is 1.09. The largest absolute Gasteiger partial charge is 0.379 e. The number of hydrogen-bond acceptors (Lipinski definition) is 9. The van der Waals surface area contributed by atoms with Gasteiger partial charge in [-0.15, -0.1) is 11.3 Å². The van der Waals surface area contributed by atoms with Crippen molar-refractivity contribution < 1.29 is 28.7 Å². The van der Waals surface area contributed by atoms with Gasteiger partial charge in [-0.25, -0.2) is 4.98 Å². The van der Waals surface area contributed by atoms with E-state index in [1.54, 1.807) is 32.4 Å². The number of thiazole rings is 1. The minimum Gasteiger partial charge on any atom is -0.379 e. The second-order valence-electron chi connectivity index (χ2n) is 16.1. The van der Waals surface area contributed by atoms with Crippen LogP contribution < -0.4 is 10.6 Å². The molecule has 1 aromatic carbocycles. The lowest BCUT2D eigenvalue weighted by Gasteiger charge is -2.41. The highest BCUT2D eigenvalue weighted by molar-refractivity contribution is 7.09. The molecule has 2 heterocycles. The summed E-state index contributed by atoms with van der Waals surface area (Å²) in [6, 6.07) is 7.83. The Labute approximate surface area is 334 Å². The SMILES string of the molecule is CC[C@@H](C)[C@@H]([C@@H](CC(=O)N1CCC[C@H]1[C@H](OC)[C@H](C)C(=O)N[C@@H](Cc1ccccc1)c1nccs1)OC)N(C)C(=O)[C@@H](NC(=O)[C@H](C(C)C)N(C)C)C(C)C. The lowest BCUT2D eigenvalue weighted by atomic mass is 9.89. The molecular formula is C42H68N6O6S. The lowest BCUT2D eigenvalue weighted by molar-refractivity contribution is -0.148. The van der Waals surface area contributed by atoms with Gasteiger partial charge in [-0.05, 0) is 56.7 Å². The van der Waals surface area contributed by atoms with Crippen molar-refractivity contribution in [1.82, 2.24) is 30.3 Å². The van der Waals surface area contributed by atoms with Crippen molar-refractivity contribution in [1.29, 1.82) is 0 Å². The minimum atomic E-state index is -0.751. The first kappa shape index (κ1) is 46.0. The molecule has 55 heavy (non-hydrogen) atoms. The first-order valence-corrected chi connectivity index (χ1v) is 20.8. The molecule has 308 valence electrons. The van der Waals surface area contributed by atoms with Crippen LogP contribution in [0.15, 0.2) is 41.9 Å². The number of likely N-dealkylation sites (N-methyl/N-ethyl adjacent to an activating group) is 2. The average molecular weight is 785 g/mol. The van der Waals surface area contributed by atoms with Crippen LogP contribution in [0.1, 0.15) is 90.8 Å². The molecule has 0 radical (unpaired) electrons. The summed E-state index contributed by atoms with van der Waals surface area (Å²) in [7, 11) is 8.66. The van der Waals surface area contributed by atoms with Gasteiger partial charge in [-0.1, -0.05) is 85.2 Å². The van der Waals surface area contributed by atoms with E-state index in [1.807, 2.05) is 94.2 Å². The van der Waals surface area contributed by atoms with Gasteiger partial charge in [0.05, 0.1) is 48.7 Å². The summed E-state index contributed by atoms with van der Waals surface area (Å²) < 4.78 is 12.1. The highest BCUT2D eigenvalue weighted by atomic mass is 32.1. The van der Waals surface area contributed by atoms with Gasteiger partial charge in [0.15, 0.2) is 0 Å². The molecule has 4 amide bonds. The second-order valence-corrected chi connectivity index (χ2v) is 17.0. The number of nitrogens with one attached hydrogen (secondary N) is 2. The van der Waals surface area contributed by atoms with E-state index in [1.165, 1.54) is 11.3 Å². The molecule has 9 atom stereocenters. The predicted molar refractivity (Wildman–Crippen MR) is 218 cm³/mol. The zero-order valence-corrected chi connectivity index (χ0v) is 36.1. The van der Waals surface area contributed by atoms with Gasteiger partial charge in [0.25, 0.3) is 0 Å². The van der Waals surface area contributed by atoms with Gasteiger partial charge in [0.1, 0.15) is 11.0 Å². The molecule has 0 bridgehead atoms. The molecule has 1 saturated heterocycles. The van der Waals surface area contributed by atoms with Gasteiger partial charge >= 0.3 is 0 Å². The highest BCUT2D eigenvalue weighted by Gasteiger charge is 2.43. The number of ether oxygens (including phenoxy) is 2. The van der Waals surface area contributed by atoms with Gasteiger partial charge in [-0.3, -0.25) is 24.1 Å². The standard InChI is InChI=1S/C42H68N6O6S/c1-13-28(6)37(47(10)42(52)35(26(2)3)45-40(51)36(27(4)5)46(8)9)33(53-11)25-34(49)48-22-17-20-32(48)38(54-12)29(7)39(50)44-31(41-43-21-23-55-41)24-30-18-15-14-16-19-30/h14-16,18-19,21,23,26-29,31-33,35-38H,13,17,20,22,24-25H2,1-12H3,(H,44,50)(H,45,51)/t28-,29+,31+,32+,33-,35+,36+,37+,38-/m1/s1. The highest BCUT2D eigenvalue weighted by Crippen LogP contribution is 2.30. The Morgan fingerprint density at radius 3 is 2.15 bits per heavy atom. The van der Waals surface area contributed by atoms with E-state index in [2.05, 4.69) is 29.5 Å². The Balaban J connectivity index is 1.79. The number of nitrogens with zero attached hydrogens (tertiary/aromatic N) is 4. The van der Waals surface area contributed by atoms with Crippen LogP contribution in [0.2, 0.25) is 0 Å². The number of methoxy groups -OCH3 is 2. The molecule has 1 fully saturated rings. The van der Waals surface area contributed by atoms with Gasteiger partial charge < -0.3 is 29.9 Å². The molecule has 1 aromatic heterocycles. The van der Waals surface area contributed by atoms with Crippen molar-refractivity contribution in [2.24, 2.45) is 23.7 Å². The molecule has 0 aliphatic carbocycles. The van der Waals surface area contributed by atoms with Crippen LogP contribution in [0.4, 0.5) is 0 Å². The topological polar surface area (TPSA) is 133 Å². The maximum Gasteiger partial charge on any atom is 0.245 e. The van der Waals surface area contributed by atoms with Crippen LogP contribution in [0.5, 0.6) is 0 Å². The predicted octanol–water partition coefficient (Wildman–Crippen LogP) is 5.19. The van der Waals surface area contributed by atoms with Crippen LogP contribution in [0, 0.1) is 23.7 Å². The fourth-order valence-electron chi connectivity index (χ4n) is 8.17. The number of likely N-dealkylation sites (tertiary alicyclic amines) is 1. The lowest BCUT2D eigenvalue weighted by Crippen LogP contribution is -2.59. The Bertz CT molecular complexity index is 1480. The smallest absolute Gasteiger partial charge is 0.245 e. The minimum absolute atomic E-state index is 0.00751. The summed E-state index contributed by atoms with van der Waals surface area (Å²) in [6.45, 7) is 14.3. The molecule has 13 heteroatoms. The molecule has 3 rings (SSSR count). The number of hydrogen-bond donors (Lipinski definition) is 2. The number of carbonyl (C=O) groups excluding carboxylic acids is 4. The number of aromatic nitrogens is 1. The number of rotatable bonds is 21. The van der Waals surface area contributed by atoms with Crippen LogP contribution >= 0.6 is 11.3 Å². The van der Waals surface area contributed by atoms with Crippen LogP contribution in [0.3, 0.4) is 0 Å². The van der Waals surface area contributed by atoms with Crippen molar-refractivity contribution in [3.05, 3.63) is 52.5 Å². The van der Waals surface area contributed by atoms with Crippen molar-refractivity contribution in [3.8, 4) is 0 Å². The number of amides is 4. The Morgan fingerprint density at radius 2 is 1.62 bits per heavy atom. The van der Waals surface area contributed by atoms with E-state index in [4.69, 9.17) is 9.47 Å². The normalized spacial score (nSPS) is 19.0. The van der Waals surface area contributed by atoms with E-state index in [0.29, 0.717) is 19.4 Å².